The summed E-state index contributed by atoms with van der Waals surface area (Å²) in [5.41, 5.74) is 1.83. The molecule has 120 valence electrons. The molecule has 0 radical (unpaired) electrons. The van der Waals surface area contributed by atoms with Crippen molar-refractivity contribution in [1.29, 1.82) is 0 Å². The Kier molecular flexibility index (Phi) is 5.33. The van der Waals surface area contributed by atoms with Crippen molar-refractivity contribution in [2.45, 2.75) is 18.7 Å². The highest BCUT2D eigenvalue weighted by molar-refractivity contribution is 8.00. The molecule has 2 aromatic carbocycles. The molecular formula is C16H15FN2O3S. The molecular weight excluding hydrogens is 319 g/mol. The summed E-state index contributed by atoms with van der Waals surface area (Å²) >= 11 is 1.32. The third kappa shape index (κ3) is 4.53. The summed E-state index contributed by atoms with van der Waals surface area (Å²) in [4.78, 5) is 22.9. The van der Waals surface area contributed by atoms with E-state index < -0.39 is 16.6 Å². The molecule has 0 fully saturated rings. The number of hydrogen-bond acceptors (Lipinski definition) is 4. The molecule has 0 heterocycles. The van der Waals surface area contributed by atoms with Crippen LogP contribution in [0.2, 0.25) is 0 Å². The number of amides is 1. The van der Waals surface area contributed by atoms with Crippen molar-refractivity contribution >= 4 is 29.0 Å². The molecule has 0 saturated heterocycles. The number of carbonyl (C=O) groups is 1. The topological polar surface area (TPSA) is 72.2 Å². The number of benzene rings is 2. The number of hydrogen-bond donors (Lipinski definition) is 1. The van der Waals surface area contributed by atoms with Gasteiger partial charge in [-0.15, -0.1) is 11.8 Å². The van der Waals surface area contributed by atoms with Crippen LogP contribution in [-0.2, 0) is 4.79 Å². The first-order valence-corrected chi connectivity index (χ1v) is 7.79. The molecule has 0 aromatic heterocycles. The summed E-state index contributed by atoms with van der Waals surface area (Å²) < 4.78 is 13.6. The van der Waals surface area contributed by atoms with Crippen molar-refractivity contribution in [2.75, 3.05) is 11.1 Å². The first kappa shape index (κ1) is 17.0. The van der Waals surface area contributed by atoms with Crippen LogP contribution in [-0.4, -0.2) is 16.6 Å². The molecule has 1 N–H and O–H groups in total. The summed E-state index contributed by atoms with van der Waals surface area (Å²) in [5, 5.41) is 13.0. The number of thioether (sulfide) groups is 1. The maximum Gasteiger partial charge on any atom is 0.271 e. The number of anilines is 1. The summed E-state index contributed by atoms with van der Waals surface area (Å²) in [6.45, 7) is 3.99. The summed E-state index contributed by atoms with van der Waals surface area (Å²) in [5.74, 6) is -1.04. The average Bonchev–Trinajstić information content (AvgIpc) is 2.50. The number of nitro benzene ring substituents is 1. The minimum atomic E-state index is -0.708. The van der Waals surface area contributed by atoms with Gasteiger partial charge < -0.3 is 5.32 Å². The molecule has 7 heteroatoms. The normalized spacial score (nSPS) is 10.4. The van der Waals surface area contributed by atoms with Gasteiger partial charge in [0.25, 0.3) is 5.69 Å². The van der Waals surface area contributed by atoms with Gasteiger partial charge in [0, 0.05) is 17.0 Å². The lowest BCUT2D eigenvalue weighted by Gasteiger charge is -2.07. The van der Waals surface area contributed by atoms with Gasteiger partial charge in [-0.25, -0.2) is 4.39 Å². The second-order valence-corrected chi connectivity index (χ2v) is 6.05. The zero-order valence-electron chi connectivity index (χ0n) is 12.6. The Bertz CT molecular complexity index is 765. The maximum absolute atomic E-state index is 13.6. The SMILES string of the molecule is Cc1ccc(SCC(=O)Nc2cc([N+](=O)[O-])ccc2F)cc1C. The second-order valence-electron chi connectivity index (χ2n) is 5.00. The van der Waals surface area contributed by atoms with E-state index in [2.05, 4.69) is 5.32 Å². The van der Waals surface area contributed by atoms with Crippen molar-refractivity contribution < 1.29 is 14.1 Å². The molecule has 23 heavy (non-hydrogen) atoms. The summed E-state index contributed by atoms with van der Waals surface area (Å²) in [6.07, 6.45) is 0. The van der Waals surface area contributed by atoms with E-state index in [1.165, 1.54) is 11.8 Å². The van der Waals surface area contributed by atoms with Crippen LogP contribution < -0.4 is 5.32 Å². The Hall–Kier alpha value is -2.41. The predicted octanol–water partition coefficient (Wildman–Crippen LogP) is 4.08. The minimum Gasteiger partial charge on any atom is -0.323 e. The zero-order chi connectivity index (χ0) is 17.0. The number of halogens is 1. The van der Waals surface area contributed by atoms with Gasteiger partial charge in [-0.05, 0) is 43.2 Å². The number of nitro groups is 1. The van der Waals surface area contributed by atoms with Crippen LogP contribution >= 0.6 is 11.8 Å². The first-order valence-electron chi connectivity index (χ1n) is 6.80. The van der Waals surface area contributed by atoms with Crippen LogP contribution in [0.4, 0.5) is 15.8 Å². The lowest BCUT2D eigenvalue weighted by atomic mass is 10.1. The van der Waals surface area contributed by atoms with Gasteiger partial charge in [0.2, 0.25) is 5.91 Å². The molecule has 5 nitrogen and oxygen atoms in total. The summed E-state index contributed by atoms with van der Waals surface area (Å²) in [7, 11) is 0. The quantitative estimate of drug-likeness (QED) is 0.508. The van der Waals surface area contributed by atoms with Gasteiger partial charge in [0.05, 0.1) is 16.4 Å². The van der Waals surface area contributed by atoms with Crippen LogP contribution in [0.5, 0.6) is 0 Å². The minimum absolute atomic E-state index is 0.0879. The predicted molar refractivity (Wildman–Crippen MR) is 88.3 cm³/mol. The van der Waals surface area contributed by atoms with Gasteiger partial charge in [0.15, 0.2) is 0 Å². The number of aryl methyl sites for hydroxylation is 2. The number of nitrogens with one attached hydrogen (secondary N) is 1. The van der Waals surface area contributed by atoms with Crippen molar-refractivity contribution in [3.8, 4) is 0 Å². The zero-order valence-corrected chi connectivity index (χ0v) is 13.4. The Morgan fingerprint density at radius 3 is 2.61 bits per heavy atom. The number of rotatable bonds is 5. The Morgan fingerprint density at radius 2 is 1.96 bits per heavy atom. The first-order chi connectivity index (χ1) is 10.9. The van der Waals surface area contributed by atoms with E-state index in [-0.39, 0.29) is 17.1 Å². The van der Waals surface area contributed by atoms with E-state index in [1.54, 1.807) is 0 Å². The number of non-ortho nitro benzene ring substituents is 1. The number of carbonyl (C=O) groups excluding carboxylic acids is 1. The molecule has 0 spiro atoms. The lowest BCUT2D eigenvalue weighted by Crippen LogP contribution is -2.15. The van der Waals surface area contributed by atoms with Crippen LogP contribution in [0.15, 0.2) is 41.3 Å². The molecule has 0 aliphatic rings. The molecule has 0 aliphatic heterocycles. The third-order valence-corrected chi connectivity index (χ3v) is 4.28. The van der Waals surface area contributed by atoms with E-state index in [0.29, 0.717) is 0 Å². The van der Waals surface area contributed by atoms with Gasteiger partial charge in [-0.2, -0.15) is 0 Å². The molecule has 0 unspecified atom stereocenters. The van der Waals surface area contributed by atoms with Gasteiger partial charge in [0.1, 0.15) is 5.82 Å². The third-order valence-electron chi connectivity index (χ3n) is 3.28. The van der Waals surface area contributed by atoms with Gasteiger partial charge in [-0.1, -0.05) is 6.07 Å². The van der Waals surface area contributed by atoms with Gasteiger partial charge >= 0.3 is 0 Å². The maximum atomic E-state index is 13.6. The van der Waals surface area contributed by atoms with Crippen molar-refractivity contribution in [2.24, 2.45) is 0 Å². The van der Waals surface area contributed by atoms with E-state index >= 15 is 0 Å². The Labute approximate surface area is 137 Å². The van der Waals surface area contributed by atoms with Crippen LogP contribution in [0.25, 0.3) is 0 Å². The molecule has 0 saturated carbocycles. The van der Waals surface area contributed by atoms with Crippen LogP contribution in [0, 0.1) is 29.8 Å². The van der Waals surface area contributed by atoms with E-state index in [0.717, 1.165) is 34.2 Å². The molecule has 2 aromatic rings. The van der Waals surface area contributed by atoms with Crippen molar-refractivity contribution in [1.82, 2.24) is 0 Å². The second kappa shape index (κ2) is 7.23. The lowest BCUT2D eigenvalue weighted by molar-refractivity contribution is -0.384. The fraction of sp³-hybridized carbons (Fsp3) is 0.188. The molecule has 0 bridgehead atoms. The highest BCUT2D eigenvalue weighted by Gasteiger charge is 2.13. The van der Waals surface area contributed by atoms with Gasteiger partial charge in [-0.3, -0.25) is 14.9 Å². The Balaban J connectivity index is 2.00. The standard InChI is InChI=1S/C16H15FN2O3S/c1-10-3-5-13(7-11(10)2)23-9-16(20)18-15-8-12(19(21)22)4-6-14(15)17/h3-8H,9H2,1-2H3,(H,18,20). The monoisotopic (exact) mass is 334 g/mol. The fourth-order valence-electron chi connectivity index (χ4n) is 1.86. The summed E-state index contributed by atoms with van der Waals surface area (Å²) in [6, 6.07) is 8.87. The van der Waals surface area contributed by atoms with E-state index in [9.17, 15) is 19.3 Å². The van der Waals surface area contributed by atoms with E-state index in [4.69, 9.17) is 0 Å². The van der Waals surface area contributed by atoms with Crippen molar-refractivity contribution in [3.63, 3.8) is 0 Å². The largest absolute Gasteiger partial charge is 0.323 e. The van der Waals surface area contributed by atoms with E-state index in [1.807, 2.05) is 32.0 Å². The molecule has 0 atom stereocenters. The highest BCUT2D eigenvalue weighted by Crippen LogP contribution is 2.23. The molecule has 2 rings (SSSR count). The van der Waals surface area contributed by atoms with Crippen molar-refractivity contribution in [3.05, 3.63) is 63.5 Å². The molecule has 1 amide bonds. The van der Waals surface area contributed by atoms with Crippen LogP contribution in [0.3, 0.4) is 0 Å². The average molecular weight is 334 g/mol. The fourth-order valence-corrected chi connectivity index (χ4v) is 2.66. The Morgan fingerprint density at radius 1 is 1.22 bits per heavy atom. The number of nitrogens with zero attached hydrogens (tertiary/aromatic N) is 1. The van der Waals surface area contributed by atoms with Crippen LogP contribution in [0.1, 0.15) is 11.1 Å². The smallest absolute Gasteiger partial charge is 0.271 e. The molecule has 0 aliphatic carbocycles. The highest BCUT2D eigenvalue weighted by atomic mass is 32.2.